The smallest absolute Gasteiger partial charge is 0.243 e. The van der Waals surface area contributed by atoms with Crippen LogP contribution >= 0.6 is 0 Å². The number of benzene rings is 1. The van der Waals surface area contributed by atoms with Gasteiger partial charge in [0.05, 0.1) is 13.0 Å². The van der Waals surface area contributed by atoms with Crippen LogP contribution < -0.4 is 10.3 Å². The molecule has 3 nitrogen and oxygen atoms in total. The Morgan fingerprint density at radius 3 is 2.80 bits per heavy atom. The first-order valence-electron chi connectivity index (χ1n) is 5.39. The molecule has 80 valence electrons. The van der Waals surface area contributed by atoms with E-state index in [-0.39, 0.29) is 12.6 Å². The van der Waals surface area contributed by atoms with Crippen LogP contribution in [0.3, 0.4) is 0 Å². The fraction of sp³-hybridized carbons (Fsp3) is 0.417. The molecule has 0 saturated carbocycles. The third-order valence-corrected chi connectivity index (χ3v) is 2.69. The van der Waals surface area contributed by atoms with Crippen molar-refractivity contribution in [2.75, 3.05) is 6.61 Å². The van der Waals surface area contributed by atoms with E-state index in [0.717, 1.165) is 25.2 Å². The Hall–Kier alpha value is -1.35. The quantitative estimate of drug-likeness (QED) is 0.617. The molecule has 3 heteroatoms. The summed E-state index contributed by atoms with van der Waals surface area (Å²) in [6, 6.07) is 10.5. The first-order valence-corrected chi connectivity index (χ1v) is 5.39. The van der Waals surface area contributed by atoms with E-state index in [1.165, 1.54) is 5.56 Å². The fourth-order valence-corrected chi connectivity index (χ4v) is 1.79. The van der Waals surface area contributed by atoms with Crippen molar-refractivity contribution in [3.8, 4) is 0 Å². The van der Waals surface area contributed by atoms with Crippen molar-refractivity contribution in [2.45, 2.75) is 25.4 Å². The molecule has 1 fully saturated rings. The van der Waals surface area contributed by atoms with E-state index >= 15 is 0 Å². The lowest BCUT2D eigenvalue weighted by molar-refractivity contribution is -0.478. The van der Waals surface area contributed by atoms with Gasteiger partial charge in [0.15, 0.2) is 0 Å². The van der Waals surface area contributed by atoms with Crippen LogP contribution in [0.25, 0.3) is 0 Å². The number of hydrogen-bond donors (Lipinski definition) is 3. The first kappa shape index (κ1) is 10.2. The highest BCUT2D eigenvalue weighted by atomic mass is 16.3. The molecular weight excluding hydrogens is 188 g/mol. The van der Waals surface area contributed by atoms with Gasteiger partial charge in [-0.1, -0.05) is 30.3 Å². The summed E-state index contributed by atoms with van der Waals surface area (Å²) in [4.78, 5) is 3.36. The second-order valence-corrected chi connectivity index (χ2v) is 3.88. The van der Waals surface area contributed by atoms with E-state index in [1.807, 2.05) is 18.2 Å². The van der Waals surface area contributed by atoms with E-state index in [2.05, 4.69) is 22.4 Å². The van der Waals surface area contributed by atoms with Crippen LogP contribution in [-0.4, -0.2) is 23.6 Å². The van der Waals surface area contributed by atoms with Crippen LogP contribution in [0.1, 0.15) is 18.4 Å². The number of nitrogens with one attached hydrogen (secondary N) is 2. The van der Waals surface area contributed by atoms with Crippen molar-refractivity contribution >= 4 is 5.84 Å². The second kappa shape index (κ2) is 4.94. The molecule has 1 aliphatic heterocycles. The Bertz CT molecular complexity index is 335. The predicted molar refractivity (Wildman–Crippen MR) is 59.4 cm³/mol. The van der Waals surface area contributed by atoms with Crippen molar-refractivity contribution < 1.29 is 10.1 Å². The predicted octanol–water partition coefficient (Wildman–Crippen LogP) is -0.590. The maximum atomic E-state index is 8.97. The largest absolute Gasteiger partial charge is 0.392 e. The van der Waals surface area contributed by atoms with Gasteiger partial charge in [-0.2, -0.15) is 0 Å². The Balaban J connectivity index is 1.90. The molecule has 1 heterocycles. The summed E-state index contributed by atoms with van der Waals surface area (Å²) in [6.45, 7) is 1.07. The van der Waals surface area contributed by atoms with Gasteiger partial charge < -0.3 is 5.11 Å². The lowest BCUT2D eigenvalue weighted by atomic mass is 10.2. The van der Waals surface area contributed by atoms with Gasteiger partial charge in [-0.25, -0.2) is 0 Å². The third kappa shape index (κ3) is 2.80. The van der Waals surface area contributed by atoms with Crippen LogP contribution in [0.15, 0.2) is 30.3 Å². The van der Waals surface area contributed by atoms with E-state index in [9.17, 15) is 0 Å². The Morgan fingerprint density at radius 2 is 2.13 bits per heavy atom. The molecule has 0 bridgehead atoms. The molecule has 1 aromatic rings. The lowest BCUT2D eigenvalue weighted by Gasteiger charge is -1.99. The van der Waals surface area contributed by atoms with Crippen LogP contribution in [0.5, 0.6) is 0 Å². The van der Waals surface area contributed by atoms with Gasteiger partial charge in [-0.15, -0.1) is 0 Å². The normalized spacial score (nSPS) is 23.0. The van der Waals surface area contributed by atoms with E-state index in [0.29, 0.717) is 0 Å². The standard InChI is InChI=1S/C12H16N2O/c15-9-11-6-7-12(14-11)13-8-10-4-2-1-3-5-10/h1-5,11,15H,6-9H2,(H,13,14)/p+1. The van der Waals surface area contributed by atoms with E-state index < -0.39 is 0 Å². The van der Waals surface area contributed by atoms with Crippen LogP contribution in [0, 0.1) is 0 Å². The van der Waals surface area contributed by atoms with Gasteiger partial charge in [-0.05, 0) is 5.56 Å². The molecule has 1 atom stereocenters. The molecule has 1 saturated heterocycles. The Labute approximate surface area is 89.9 Å². The summed E-state index contributed by atoms with van der Waals surface area (Å²) < 4.78 is 0. The minimum Gasteiger partial charge on any atom is -0.392 e. The van der Waals surface area contributed by atoms with Crippen molar-refractivity contribution in [3.63, 3.8) is 0 Å². The fourth-order valence-electron chi connectivity index (χ4n) is 1.79. The summed E-state index contributed by atoms with van der Waals surface area (Å²) in [6.07, 6.45) is 2.03. The maximum Gasteiger partial charge on any atom is 0.243 e. The van der Waals surface area contributed by atoms with Crippen LogP contribution in [-0.2, 0) is 6.54 Å². The van der Waals surface area contributed by atoms with Crippen molar-refractivity contribution in [2.24, 2.45) is 0 Å². The Morgan fingerprint density at radius 1 is 1.33 bits per heavy atom. The zero-order chi connectivity index (χ0) is 10.5. The SMILES string of the molecule is OCC1CCC(=[NH+]Cc2ccccc2)N1. The minimum absolute atomic E-state index is 0.219. The lowest BCUT2D eigenvalue weighted by Crippen LogP contribution is -2.73. The minimum atomic E-state index is 0.219. The average molecular weight is 205 g/mol. The molecule has 1 aromatic carbocycles. The van der Waals surface area contributed by atoms with Gasteiger partial charge in [-0.3, -0.25) is 10.3 Å². The molecule has 0 spiro atoms. The highest BCUT2D eigenvalue weighted by Gasteiger charge is 2.24. The van der Waals surface area contributed by atoms with Crippen molar-refractivity contribution in [1.82, 2.24) is 5.32 Å². The second-order valence-electron chi connectivity index (χ2n) is 3.88. The van der Waals surface area contributed by atoms with Gasteiger partial charge in [0.1, 0.15) is 12.6 Å². The summed E-state index contributed by atoms with van der Waals surface area (Å²) in [7, 11) is 0. The molecule has 1 aliphatic rings. The van der Waals surface area contributed by atoms with Gasteiger partial charge in [0, 0.05) is 6.42 Å². The highest BCUT2D eigenvalue weighted by Crippen LogP contribution is 2.03. The molecule has 2 rings (SSSR count). The molecule has 0 radical (unpaired) electrons. The van der Waals surface area contributed by atoms with E-state index in [1.54, 1.807) is 0 Å². The number of amidine groups is 1. The van der Waals surface area contributed by atoms with Gasteiger partial charge >= 0.3 is 0 Å². The molecule has 15 heavy (non-hydrogen) atoms. The molecule has 0 aliphatic carbocycles. The first-order chi connectivity index (χ1) is 7.38. The molecule has 3 N–H and O–H groups in total. The summed E-state index contributed by atoms with van der Waals surface area (Å²) in [5, 5.41) is 12.2. The number of hydrogen-bond acceptors (Lipinski definition) is 1. The average Bonchev–Trinajstić information content (AvgIpc) is 2.76. The molecular formula is C12H17N2O+. The monoisotopic (exact) mass is 205 g/mol. The van der Waals surface area contributed by atoms with Crippen LogP contribution in [0.2, 0.25) is 0 Å². The topological polar surface area (TPSA) is 46.2 Å². The zero-order valence-corrected chi connectivity index (χ0v) is 8.74. The Kier molecular flexibility index (Phi) is 3.35. The molecule has 0 amide bonds. The third-order valence-electron chi connectivity index (χ3n) is 2.69. The molecule has 0 aromatic heterocycles. The molecule has 1 unspecified atom stereocenters. The number of aliphatic hydroxyl groups is 1. The van der Waals surface area contributed by atoms with Crippen LogP contribution in [0.4, 0.5) is 0 Å². The van der Waals surface area contributed by atoms with Crippen molar-refractivity contribution in [1.29, 1.82) is 0 Å². The summed E-state index contributed by atoms with van der Waals surface area (Å²) in [5.74, 6) is 1.15. The maximum absolute atomic E-state index is 8.97. The highest BCUT2D eigenvalue weighted by molar-refractivity contribution is 5.78. The van der Waals surface area contributed by atoms with Gasteiger partial charge in [0.25, 0.3) is 0 Å². The number of rotatable bonds is 3. The van der Waals surface area contributed by atoms with E-state index in [4.69, 9.17) is 5.11 Å². The number of aliphatic hydroxyl groups excluding tert-OH is 1. The van der Waals surface area contributed by atoms with Gasteiger partial charge in [0.2, 0.25) is 5.84 Å². The summed E-state index contributed by atoms with van der Waals surface area (Å²) >= 11 is 0. The zero-order valence-electron chi connectivity index (χ0n) is 8.74. The summed E-state index contributed by atoms with van der Waals surface area (Å²) in [5.41, 5.74) is 1.28. The van der Waals surface area contributed by atoms with Crippen molar-refractivity contribution in [3.05, 3.63) is 35.9 Å².